The topological polar surface area (TPSA) is 50.8 Å². The van der Waals surface area contributed by atoms with Crippen molar-refractivity contribution in [1.82, 2.24) is 10.2 Å². The van der Waals surface area contributed by atoms with Crippen LogP contribution in [0.4, 0.5) is 0 Å². The maximum absolute atomic E-state index is 12.8. The lowest BCUT2D eigenvalue weighted by Gasteiger charge is -2.33. The second-order valence-electron chi connectivity index (χ2n) is 6.72. The molecule has 6 heteroatoms. The summed E-state index contributed by atoms with van der Waals surface area (Å²) in [5, 5.41) is 3.20. The summed E-state index contributed by atoms with van der Waals surface area (Å²) >= 11 is 2.16. The summed E-state index contributed by atoms with van der Waals surface area (Å²) in [5.74, 6) is 1.13. The van der Waals surface area contributed by atoms with Crippen LogP contribution in [0.1, 0.15) is 28.8 Å². The number of methoxy groups -OCH3 is 2. The van der Waals surface area contributed by atoms with E-state index in [9.17, 15) is 4.79 Å². The van der Waals surface area contributed by atoms with Gasteiger partial charge in [0.15, 0.2) is 11.5 Å². The van der Waals surface area contributed by atoms with E-state index in [0.717, 1.165) is 36.0 Å². The zero-order valence-electron chi connectivity index (χ0n) is 15.7. The Morgan fingerprint density at radius 3 is 2.59 bits per heavy atom. The van der Waals surface area contributed by atoms with Crippen LogP contribution in [-0.4, -0.2) is 44.2 Å². The van der Waals surface area contributed by atoms with Gasteiger partial charge in [0, 0.05) is 22.7 Å². The largest absolute Gasteiger partial charge is 0.493 e. The summed E-state index contributed by atoms with van der Waals surface area (Å²) in [6.07, 6.45) is 2.09. The molecule has 0 saturated carbocycles. The Labute approximate surface area is 174 Å². The number of benzene rings is 2. The molecule has 1 amide bonds. The molecule has 1 unspecified atom stereocenters. The lowest BCUT2D eigenvalue weighted by molar-refractivity contribution is 0.0899. The van der Waals surface area contributed by atoms with Gasteiger partial charge in [0.2, 0.25) is 0 Å². The van der Waals surface area contributed by atoms with Crippen LogP contribution in [0, 0.1) is 3.57 Å². The second-order valence-corrected chi connectivity index (χ2v) is 7.88. The lowest BCUT2D eigenvalue weighted by Crippen LogP contribution is -2.47. The molecule has 1 fully saturated rings. The smallest absolute Gasteiger partial charge is 0.252 e. The van der Waals surface area contributed by atoms with Gasteiger partial charge in [-0.25, -0.2) is 0 Å². The predicted molar refractivity (Wildman–Crippen MR) is 114 cm³/mol. The van der Waals surface area contributed by atoms with E-state index >= 15 is 0 Å². The summed E-state index contributed by atoms with van der Waals surface area (Å²) in [4.78, 5) is 15.2. The van der Waals surface area contributed by atoms with E-state index in [2.05, 4.69) is 57.1 Å². The molecule has 27 heavy (non-hydrogen) atoms. The molecule has 2 aromatic carbocycles. The van der Waals surface area contributed by atoms with Crippen molar-refractivity contribution in [1.29, 1.82) is 0 Å². The van der Waals surface area contributed by atoms with Crippen LogP contribution in [0.3, 0.4) is 0 Å². The fourth-order valence-corrected chi connectivity index (χ4v) is 4.13. The van der Waals surface area contributed by atoms with E-state index in [0.29, 0.717) is 17.1 Å². The van der Waals surface area contributed by atoms with Crippen LogP contribution in [0.25, 0.3) is 0 Å². The first-order valence-corrected chi connectivity index (χ1v) is 10.2. The van der Waals surface area contributed by atoms with Gasteiger partial charge in [-0.2, -0.15) is 0 Å². The number of halogens is 1. The van der Waals surface area contributed by atoms with Crippen molar-refractivity contribution in [3.8, 4) is 11.5 Å². The number of likely N-dealkylation sites (tertiary alicyclic amines) is 1. The molecule has 144 valence electrons. The number of carbonyl (C=O) groups excluding carboxylic acids is 1. The van der Waals surface area contributed by atoms with Crippen LogP contribution in [0.15, 0.2) is 42.5 Å². The standard InChI is InChI=1S/C21H25IN2O3/c1-26-19-11-17(18(22)12-20(19)27-2)21(25)23-16-9-6-10-24(14-16)13-15-7-4-3-5-8-15/h3-5,7-8,11-12,16H,6,9-10,13-14H2,1-2H3,(H,23,25). The Hall–Kier alpha value is -1.80. The highest BCUT2D eigenvalue weighted by Crippen LogP contribution is 2.31. The third kappa shape index (κ3) is 5.13. The molecule has 0 spiro atoms. The maximum atomic E-state index is 12.8. The van der Waals surface area contributed by atoms with Crippen LogP contribution in [0.2, 0.25) is 0 Å². The number of nitrogens with one attached hydrogen (secondary N) is 1. The van der Waals surface area contributed by atoms with Crippen LogP contribution in [-0.2, 0) is 6.54 Å². The average molecular weight is 480 g/mol. The lowest BCUT2D eigenvalue weighted by atomic mass is 10.0. The van der Waals surface area contributed by atoms with Gasteiger partial charge in [-0.15, -0.1) is 0 Å². The molecule has 0 radical (unpaired) electrons. The summed E-state index contributed by atoms with van der Waals surface area (Å²) < 4.78 is 11.5. The number of ether oxygens (including phenoxy) is 2. The molecule has 0 aliphatic carbocycles. The van der Waals surface area contributed by atoms with Crippen molar-refractivity contribution in [2.24, 2.45) is 0 Å². The zero-order valence-corrected chi connectivity index (χ0v) is 17.9. The quantitative estimate of drug-likeness (QED) is 0.641. The number of nitrogens with zero attached hydrogens (tertiary/aromatic N) is 1. The molecule has 3 rings (SSSR count). The van der Waals surface area contributed by atoms with Gasteiger partial charge in [0.25, 0.3) is 5.91 Å². The SMILES string of the molecule is COc1cc(I)c(C(=O)NC2CCCN(Cc3ccccc3)C2)cc1OC. The van der Waals surface area contributed by atoms with Gasteiger partial charge < -0.3 is 14.8 Å². The third-order valence-corrected chi connectivity index (χ3v) is 5.70. The van der Waals surface area contributed by atoms with E-state index in [4.69, 9.17) is 9.47 Å². The minimum Gasteiger partial charge on any atom is -0.493 e. The van der Waals surface area contributed by atoms with Gasteiger partial charge in [-0.1, -0.05) is 30.3 Å². The molecule has 0 aromatic heterocycles. The van der Waals surface area contributed by atoms with Gasteiger partial charge in [0.1, 0.15) is 0 Å². The van der Waals surface area contributed by atoms with Gasteiger partial charge in [0.05, 0.1) is 19.8 Å². The fraction of sp³-hybridized carbons (Fsp3) is 0.381. The van der Waals surface area contributed by atoms with E-state index < -0.39 is 0 Å². The Balaban J connectivity index is 1.65. The van der Waals surface area contributed by atoms with Crippen LogP contribution in [0.5, 0.6) is 11.5 Å². The Morgan fingerprint density at radius 2 is 1.89 bits per heavy atom. The Bertz CT molecular complexity index is 782. The number of hydrogen-bond donors (Lipinski definition) is 1. The molecule has 1 aliphatic rings. The summed E-state index contributed by atoms with van der Waals surface area (Å²) in [6, 6.07) is 14.2. The first kappa shape index (κ1) is 19.9. The van der Waals surface area contributed by atoms with E-state index in [1.807, 2.05) is 12.1 Å². The molecular formula is C21H25IN2O3. The number of carbonyl (C=O) groups is 1. The summed E-state index contributed by atoms with van der Waals surface area (Å²) in [5.41, 5.74) is 1.92. The third-order valence-electron chi connectivity index (χ3n) is 4.81. The maximum Gasteiger partial charge on any atom is 0.252 e. The number of piperidine rings is 1. The van der Waals surface area contributed by atoms with E-state index in [1.165, 1.54) is 5.56 Å². The van der Waals surface area contributed by atoms with Gasteiger partial charge >= 0.3 is 0 Å². The highest BCUT2D eigenvalue weighted by Gasteiger charge is 2.23. The predicted octanol–water partition coefficient (Wildman–Crippen LogP) is 3.70. The molecule has 5 nitrogen and oxygen atoms in total. The number of amides is 1. The van der Waals surface area contributed by atoms with Crippen LogP contribution < -0.4 is 14.8 Å². The van der Waals surface area contributed by atoms with Gasteiger partial charge in [-0.05, 0) is 59.7 Å². The number of rotatable bonds is 6. The van der Waals surface area contributed by atoms with E-state index in [1.54, 1.807) is 20.3 Å². The monoisotopic (exact) mass is 480 g/mol. The molecule has 1 aliphatic heterocycles. The van der Waals surface area contributed by atoms with Crippen molar-refractivity contribution >= 4 is 28.5 Å². The molecule has 0 bridgehead atoms. The Kier molecular flexibility index (Phi) is 6.95. The second kappa shape index (κ2) is 9.41. The highest BCUT2D eigenvalue weighted by atomic mass is 127. The average Bonchev–Trinajstić information content (AvgIpc) is 2.68. The zero-order chi connectivity index (χ0) is 19.2. The first-order valence-electron chi connectivity index (χ1n) is 9.09. The van der Waals surface area contributed by atoms with Crippen molar-refractivity contribution in [3.05, 3.63) is 57.2 Å². The Morgan fingerprint density at radius 1 is 1.19 bits per heavy atom. The fourth-order valence-electron chi connectivity index (χ4n) is 3.45. The first-order chi connectivity index (χ1) is 13.1. The highest BCUT2D eigenvalue weighted by molar-refractivity contribution is 14.1. The minimum absolute atomic E-state index is 0.0630. The molecule has 1 atom stereocenters. The summed E-state index contributed by atoms with van der Waals surface area (Å²) in [6.45, 7) is 2.85. The van der Waals surface area contributed by atoms with Crippen molar-refractivity contribution in [2.45, 2.75) is 25.4 Å². The van der Waals surface area contributed by atoms with E-state index in [-0.39, 0.29) is 11.9 Å². The van der Waals surface area contributed by atoms with Gasteiger partial charge in [-0.3, -0.25) is 9.69 Å². The van der Waals surface area contributed by atoms with Crippen molar-refractivity contribution in [3.63, 3.8) is 0 Å². The summed E-state index contributed by atoms with van der Waals surface area (Å²) in [7, 11) is 3.17. The minimum atomic E-state index is -0.0630. The normalized spacial score (nSPS) is 17.4. The molecule has 1 N–H and O–H groups in total. The number of hydrogen-bond acceptors (Lipinski definition) is 4. The van der Waals surface area contributed by atoms with Crippen molar-refractivity contribution < 1.29 is 14.3 Å². The van der Waals surface area contributed by atoms with Crippen molar-refractivity contribution in [2.75, 3.05) is 27.3 Å². The molecule has 2 aromatic rings. The molecular weight excluding hydrogens is 455 g/mol. The molecule has 1 saturated heterocycles. The molecule has 1 heterocycles. The van der Waals surface area contributed by atoms with Crippen LogP contribution >= 0.6 is 22.6 Å².